The van der Waals surface area contributed by atoms with Gasteiger partial charge >= 0.3 is 0 Å². The Morgan fingerprint density at radius 2 is 1.73 bits per heavy atom. The van der Waals surface area contributed by atoms with E-state index in [4.69, 9.17) is 4.84 Å². The van der Waals surface area contributed by atoms with Crippen molar-refractivity contribution in [2.45, 2.75) is 19.5 Å². The van der Waals surface area contributed by atoms with Crippen LogP contribution in [0.2, 0.25) is 0 Å². The van der Waals surface area contributed by atoms with E-state index in [-0.39, 0.29) is 17.7 Å². The minimum atomic E-state index is -2.59. The van der Waals surface area contributed by atoms with Gasteiger partial charge in [0.1, 0.15) is 6.61 Å². The fourth-order valence-electron chi connectivity index (χ4n) is 1.86. The van der Waals surface area contributed by atoms with Gasteiger partial charge in [-0.25, -0.2) is 17.6 Å². The Morgan fingerprint density at radius 3 is 2.45 bits per heavy atom. The number of oxime groups is 1. The van der Waals surface area contributed by atoms with E-state index in [1.165, 1.54) is 42.6 Å². The fourth-order valence-corrected chi connectivity index (χ4v) is 1.86. The molecular formula is C16H13F4NO. The molecule has 2 aromatic carbocycles. The van der Waals surface area contributed by atoms with E-state index in [9.17, 15) is 17.6 Å². The Hall–Kier alpha value is -2.37. The molecule has 0 unspecified atom stereocenters. The Labute approximate surface area is 125 Å². The lowest BCUT2D eigenvalue weighted by atomic mass is 10.1. The number of alkyl halides is 4. The maximum atomic E-state index is 12.8. The summed E-state index contributed by atoms with van der Waals surface area (Å²) in [5.41, 5.74) is 0.542. The van der Waals surface area contributed by atoms with Crippen LogP contribution in [0.4, 0.5) is 17.6 Å². The minimum Gasteiger partial charge on any atom is -0.391 e. The molecule has 0 amide bonds. The molecule has 2 aromatic rings. The highest BCUT2D eigenvalue weighted by Crippen LogP contribution is 2.23. The first-order valence-electron chi connectivity index (χ1n) is 6.47. The average Bonchev–Trinajstić information content (AvgIpc) is 2.52. The van der Waals surface area contributed by atoms with Gasteiger partial charge in [0.15, 0.2) is 0 Å². The van der Waals surface area contributed by atoms with Gasteiger partial charge < -0.3 is 4.84 Å². The zero-order chi connectivity index (χ0) is 15.9. The normalized spacial score (nSPS) is 11.5. The van der Waals surface area contributed by atoms with Crippen LogP contribution in [0.3, 0.4) is 0 Å². The summed E-state index contributed by atoms with van der Waals surface area (Å²) in [6.45, 7) is -0.119. The molecular weight excluding hydrogens is 298 g/mol. The smallest absolute Gasteiger partial charge is 0.264 e. The highest BCUT2D eigenvalue weighted by molar-refractivity contribution is 5.79. The van der Waals surface area contributed by atoms with Crippen LogP contribution in [0, 0.1) is 0 Å². The van der Waals surface area contributed by atoms with Crippen LogP contribution in [0.1, 0.15) is 35.1 Å². The van der Waals surface area contributed by atoms with Crippen LogP contribution >= 0.6 is 0 Å². The monoisotopic (exact) mass is 311 g/mol. The molecule has 0 aliphatic carbocycles. The first-order chi connectivity index (χ1) is 10.6. The Bertz CT molecular complexity index is 644. The number of benzene rings is 2. The number of nitrogens with zero attached hydrogens (tertiary/aromatic N) is 1. The molecule has 0 bridgehead atoms. The van der Waals surface area contributed by atoms with Crippen LogP contribution in [0.25, 0.3) is 0 Å². The summed E-state index contributed by atoms with van der Waals surface area (Å²) in [7, 11) is 0. The molecule has 0 radical (unpaired) electrons. The predicted molar refractivity (Wildman–Crippen MR) is 75.2 cm³/mol. The third kappa shape index (κ3) is 4.31. The summed E-state index contributed by atoms with van der Waals surface area (Å²) in [5.74, 6) is 0. The van der Waals surface area contributed by atoms with Gasteiger partial charge in [-0.3, -0.25) is 0 Å². The molecule has 0 spiro atoms. The highest BCUT2D eigenvalue weighted by Gasteiger charge is 2.12. The van der Waals surface area contributed by atoms with Crippen molar-refractivity contribution in [3.05, 3.63) is 70.8 Å². The number of hydrogen-bond acceptors (Lipinski definition) is 2. The molecule has 22 heavy (non-hydrogen) atoms. The van der Waals surface area contributed by atoms with E-state index in [0.717, 1.165) is 0 Å². The molecule has 0 N–H and O–H groups in total. The molecule has 0 fully saturated rings. The second-order valence-corrected chi connectivity index (χ2v) is 4.48. The van der Waals surface area contributed by atoms with E-state index in [1.807, 2.05) is 0 Å². The fraction of sp³-hybridized carbons (Fsp3) is 0.188. The van der Waals surface area contributed by atoms with Crippen molar-refractivity contribution in [2.24, 2.45) is 5.16 Å². The third-order valence-electron chi connectivity index (χ3n) is 2.95. The standard InChI is InChI=1S/C16H13F4NO/c17-15(18)12-6-3-4-11(8-12)9-21-22-10-13-5-1-2-7-14(13)16(19)20/h1-9,15-16H,10H2. The van der Waals surface area contributed by atoms with E-state index in [1.54, 1.807) is 12.1 Å². The van der Waals surface area contributed by atoms with Gasteiger partial charge in [0.2, 0.25) is 0 Å². The molecule has 0 heterocycles. The summed E-state index contributed by atoms with van der Waals surface area (Å²) in [6, 6.07) is 11.6. The Balaban J connectivity index is 1.98. The van der Waals surface area contributed by atoms with Gasteiger partial charge in [-0.05, 0) is 11.6 Å². The molecule has 6 heteroatoms. The SMILES string of the molecule is FC(F)c1cccc(C=NOCc2ccccc2C(F)F)c1. The van der Waals surface area contributed by atoms with Crippen LogP contribution in [0.5, 0.6) is 0 Å². The van der Waals surface area contributed by atoms with E-state index < -0.39 is 12.9 Å². The Kier molecular flexibility index (Phi) is 5.52. The van der Waals surface area contributed by atoms with Crippen LogP contribution < -0.4 is 0 Å². The van der Waals surface area contributed by atoms with Crippen molar-refractivity contribution >= 4 is 6.21 Å². The first kappa shape index (κ1) is 16.0. The topological polar surface area (TPSA) is 21.6 Å². The summed E-state index contributed by atoms with van der Waals surface area (Å²) in [4.78, 5) is 4.96. The largest absolute Gasteiger partial charge is 0.391 e. The van der Waals surface area contributed by atoms with Crippen LogP contribution in [-0.4, -0.2) is 6.21 Å². The van der Waals surface area contributed by atoms with Crippen molar-refractivity contribution in [3.63, 3.8) is 0 Å². The zero-order valence-corrected chi connectivity index (χ0v) is 11.4. The molecule has 2 nitrogen and oxygen atoms in total. The van der Waals surface area contributed by atoms with E-state index in [2.05, 4.69) is 5.16 Å². The lowest BCUT2D eigenvalue weighted by Gasteiger charge is -2.07. The maximum Gasteiger partial charge on any atom is 0.264 e. The molecule has 0 aliphatic heterocycles. The van der Waals surface area contributed by atoms with Crippen molar-refractivity contribution in [1.29, 1.82) is 0 Å². The van der Waals surface area contributed by atoms with E-state index in [0.29, 0.717) is 11.1 Å². The second kappa shape index (κ2) is 7.59. The zero-order valence-electron chi connectivity index (χ0n) is 11.4. The molecule has 0 saturated heterocycles. The highest BCUT2D eigenvalue weighted by atomic mass is 19.3. The molecule has 116 valence electrons. The molecule has 0 atom stereocenters. The van der Waals surface area contributed by atoms with Crippen LogP contribution in [-0.2, 0) is 11.4 Å². The van der Waals surface area contributed by atoms with Gasteiger partial charge in [-0.15, -0.1) is 0 Å². The number of rotatable bonds is 6. The average molecular weight is 311 g/mol. The summed E-state index contributed by atoms with van der Waals surface area (Å²) in [5, 5.41) is 3.62. The molecule has 0 saturated carbocycles. The van der Waals surface area contributed by atoms with E-state index >= 15 is 0 Å². The van der Waals surface area contributed by atoms with Crippen molar-refractivity contribution in [2.75, 3.05) is 0 Å². The van der Waals surface area contributed by atoms with Gasteiger partial charge in [0.25, 0.3) is 12.9 Å². The summed E-state index contributed by atoms with van der Waals surface area (Å²) in [6.07, 6.45) is -3.89. The van der Waals surface area contributed by atoms with Crippen LogP contribution in [0.15, 0.2) is 53.7 Å². The lowest BCUT2D eigenvalue weighted by molar-refractivity contribution is 0.120. The Morgan fingerprint density at radius 1 is 0.955 bits per heavy atom. The minimum absolute atomic E-state index is 0.114. The number of hydrogen-bond donors (Lipinski definition) is 0. The van der Waals surface area contributed by atoms with Gasteiger partial charge in [-0.2, -0.15) is 0 Å². The number of halogens is 4. The third-order valence-corrected chi connectivity index (χ3v) is 2.95. The second-order valence-electron chi connectivity index (χ2n) is 4.48. The van der Waals surface area contributed by atoms with Gasteiger partial charge in [0, 0.05) is 16.7 Å². The lowest BCUT2D eigenvalue weighted by Crippen LogP contribution is -1.96. The summed E-state index contributed by atoms with van der Waals surface area (Å²) < 4.78 is 50.6. The molecule has 0 aliphatic rings. The maximum absolute atomic E-state index is 12.8. The van der Waals surface area contributed by atoms with Gasteiger partial charge in [0.05, 0.1) is 6.21 Å². The van der Waals surface area contributed by atoms with Gasteiger partial charge in [-0.1, -0.05) is 47.6 Å². The van der Waals surface area contributed by atoms with Crippen molar-refractivity contribution in [3.8, 4) is 0 Å². The first-order valence-corrected chi connectivity index (χ1v) is 6.47. The summed E-state index contributed by atoms with van der Waals surface area (Å²) >= 11 is 0. The molecule has 0 aromatic heterocycles. The predicted octanol–water partition coefficient (Wildman–Crippen LogP) is 5.11. The van der Waals surface area contributed by atoms with Crippen molar-refractivity contribution < 1.29 is 22.4 Å². The quantitative estimate of drug-likeness (QED) is 0.412. The van der Waals surface area contributed by atoms with Crippen molar-refractivity contribution in [1.82, 2.24) is 0 Å². The molecule has 2 rings (SSSR count).